The van der Waals surface area contributed by atoms with Crippen LogP contribution in [0.5, 0.6) is 11.5 Å². The number of hydrazine groups is 1. The summed E-state index contributed by atoms with van der Waals surface area (Å²) in [7, 11) is 0. The summed E-state index contributed by atoms with van der Waals surface area (Å²) in [4.78, 5) is 0. The lowest BCUT2D eigenvalue weighted by atomic mass is 9.66. The van der Waals surface area contributed by atoms with Crippen molar-refractivity contribution in [2.45, 2.75) is 17.9 Å². The molecule has 1 saturated heterocycles. The number of hydrogen-bond donors (Lipinski definition) is 2. The van der Waals surface area contributed by atoms with Crippen LogP contribution in [0.3, 0.4) is 0 Å². The van der Waals surface area contributed by atoms with E-state index < -0.39 is 5.41 Å². The van der Waals surface area contributed by atoms with Gasteiger partial charge in [0.1, 0.15) is 24.0 Å². The molecule has 0 aromatic heterocycles. The lowest BCUT2D eigenvalue weighted by Crippen LogP contribution is -2.32. The summed E-state index contributed by atoms with van der Waals surface area (Å²) >= 11 is 0. The SMILES string of the molecule is c1ccc(C2NNC(c3ccc(-c4ccc5c(c4)C4(c6ccccc6O5)c5ccccc5-c5ccccc54)cc3)O2)cc1. The number of nitrogens with one attached hydrogen (secondary N) is 2. The van der Waals surface area contributed by atoms with Crippen molar-refractivity contribution < 1.29 is 9.47 Å². The zero-order valence-corrected chi connectivity index (χ0v) is 23.3. The van der Waals surface area contributed by atoms with E-state index in [-0.39, 0.29) is 12.5 Å². The third-order valence-electron chi connectivity index (χ3n) is 9.11. The van der Waals surface area contributed by atoms with Crippen molar-refractivity contribution in [3.63, 3.8) is 0 Å². The molecule has 4 heteroatoms. The maximum Gasteiger partial charge on any atom is 0.149 e. The van der Waals surface area contributed by atoms with Crippen LogP contribution in [0.4, 0.5) is 0 Å². The van der Waals surface area contributed by atoms with Gasteiger partial charge in [-0.3, -0.25) is 0 Å². The van der Waals surface area contributed by atoms with Gasteiger partial charge in [-0.25, -0.2) is 10.9 Å². The van der Waals surface area contributed by atoms with Gasteiger partial charge in [0.15, 0.2) is 0 Å². The van der Waals surface area contributed by atoms with Gasteiger partial charge in [0.05, 0.1) is 5.41 Å². The first-order valence-corrected chi connectivity index (χ1v) is 14.7. The molecule has 0 radical (unpaired) electrons. The Bertz CT molecular complexity index is 1960. The monoisotopic (exact) mass is 556 g/mol. The molecule has 1 fully saturated rings. The summed E-state index contributed by atoms with van der Waals surface area (Å²) in [5.41, 5.74) is 18.1. The van der Waals surface area contributed by atoms with Gasteiger partial charge in [0.25, 0.3) is 0 Å². The van der Waals surface area contributed by atoms with Crippen molar-refractivity contribution >= 4 is 0 Å². The lowest BCUT2D eigenvalue weighted by Gasteiger charge is -2.39. The van der Waals surface area contributed by atoms with Crippen LogP contribution in [-0.2, 0) is 10.2 Å². The Morgan fingerprint density at radius 1 is 0.442 bits per heavy atom. The first-order valence-electron chi connectivity index (χ1n) is 14.7. The molecule has 2 heterocycles. The lowest BCUT2D eigenvalue weighted by molar-refractivity contribution is 0.0341. The van der Waals surface area contributed by atoms with E-state index in [0.717, 1.165) is 33.8 Å². The quantitative estimate of drug-likeness (QED) is 0.229. The number of fused-ring (bicyclic) bond motifs is 9. The van der Waals surface area contributed by atoms with E-state index in [1.807, 2.05) is 18.2 Å². The first-order chi connectivity index (χ1) is 21.3. The third kappa shape index (κ3) is 3.61. The highest BCUT2D eigenvalue weighted by Gasteiger charge is 2.50. The van der Waals surface area contributed by atoms with Crippen molar-refractivity contribution in [2.24, 2.45) is 0 Å². The molecule has 4 nitrogen and oxygen atoms in total. The molecule has 9 rings (SSSR count). The number of hydrogen-bond acceptors (Lipinski definition) is 4. The predicted molar refractivity (Wildman–Crippen MR) is 169 cm³/mol. The molecule has 43 heavy (non-hydrogen) atoms. The Kier molecular flexibility index (Phi) is 5.44. The molecule has 2 atom stereocenters. The molecular formula is C39H28N2O2. The molecule has 2 aliphatic heterocycles. The van der Waals surface area contributed by atoms with Gasteiger partial charge in [-0.15, -0.1) is 0 Å². The summed E-state index contributed by atoms with van der Waals surface area (Å²) in [6.45, 7) is 0. The zero-order valence-electron chi connectivity index (χ0n) is 23.3. The molecule has 0 amide bonds. The average Bonchev–Trinajstić information content (AvgIpc) is 3.69. The minimum Gasteiger partial charge on any atom is -0.457 e. The summed E-state index contributed by atoms with van der Waals surface area (Å²) in [5.74, 6) is 1.80. The highest BCUT2D eigenvalue weighted by molar-refractivity contribution is 5.89. The summed E-state index contributed by atoms with van der Waals surface area (Å²) < 4.78 is 12.9. The number of para-hydroxylation sites is 1. The fourth-order valence-corrected chi connectivity index (χ4v) is 7.19. The molecule has 3 aliphatic rings. The second kappa shape index (κ2) is 9.51. The predicted octanol–water partition coefficient (Wildman–Crippen LogP) is 8.64. The van der Waals surface area contributed by atoms with Gasteiger partial charge in [0.2, 0.25) is 0 Å². The van der Waals surface area contributed by atoms with Gasteiger partial charge in [0, 0.05) is 11.1 Å². The van der Waals surface area contributed by atoms with E-state index in [4.69, 9.17) is 9.47 Å². The van der Waals surface area contributed by atoms with Gasteiger partial charge in [-0.05, 0) is 62.7 Å². The Balaban J connectivity index is 1.14. The van der Waals surface area contributed by atoms with Gasteiger partial charge in [-0.1, -0.05) is 127 Å². The first kappa shape index (κ1) is 24.6. The number of rotatable bonds is 3. The largest absolute Gasteiger partial charge is 0.457 e. The Morgan fingerprint density at radius 3 is 1.67 bits per heavy atom. The number of benzene rings is 6. The van der Waals surface area contributed by atoms with Crippen LogP contribution in [-0.4, -0.2) is 0 Å². The molecule has 6 aromatic carbocycles. The van der Waals surface area contributed by atoms with Crippen molar-refractivity contribution in [1.29, 1.82) is 0 Å². The smallest absolute Gasteiger partial charge is 0.149 e. The minimum absolute atomic E-state index is 0.192. The molecule has 1 aliphatic carbocycles. The molecule has 206 valence electrons. The second-order valence-corrected chi connectivity index (χ2v) is 11.4. The number of ether oxygens (including phenoxy) is 2. The topological polar surface area (TPSA) is 42.5 Å². The van der Waals surface area contributed by atoms with E-state index in [1.54, 1.807) is 0 Å². The van der Waals surface area contributed by atoms with Crippen LogP contribution in [0, 0.1) is 0 Å². The second-order valence-electron chi connectivity index (χ2n) is 11.4. The van der Waals surface area contributed by atoms with Gasteiger partial charge >= 0.3 is 0 Å². The molecule has 2 N–H and O–H groups in total. The molecule has 0 bridgehead atoms. The Morgan fingerprint density at radius 2 is 0.977 bits per heavy atom. The fourth-order valence-electron chi connectivity index (χ4n) is 7.19. The normalized spacial score (nSPS) is 18.8. The highest BCUT2D eigenvalue weighted by Crippen LogP contribution is 2.62. The van der Waals surface area contributed by atoms with Crippen LogP contribution in [0.2, 0.25) is 0 Å². The van der Waals surface area contributed by atoms with E-state index in [2.05, 4.69) is 138 Å². The maximum absolute atomic E-state index is 6.59. The van der Waals surface area contributed by atoms with Crippen molar-refractivity contribution in [1.82, 2.24) is 10.9 Å². The summed E-state index contributed by atoms with van der Waals surface area (Å²) in [6, 6.07) is 51.6. The van der Waals surface area contributed by atoms with Crippen LogP contribution >= 0.6 is 0 Å². The Hall–Kier alpha value is -5.00. The minimum atomic E-state index is -0.465. The summed E-state index contributed by atoms with van der Waals surface area (Å²) in [5, 5.41) is 0. The fraction of sp³-hybridized carbons (Fsp3) is 0.0769. The van der Waals surface area contributed by atoms with Gasteiger partial charge < -0.3 is 9.47 Å². The van der Waals surface area contributed by atoms with Gasteiger partial charge in [-0.2, -0.15) is 0 Å². The third-order valence-corrected chi connectivity index (χ3v) is 9.11. The van der Waals surface area contributed by atoms with Crippen LogP contribution in [0.25, 0.3) is 22.3 Å². The molecule has 2 unspecified atom stereocenters. The average molecular weight is 557 g/mol. The van der Waals surface area contributed by atoms with E-state index >= 15 is 0 Å². The molecule has 1 spiro atoms. The maximum atomic E-state index is 6.59. The van der Waals surface area contributed by atoms with E-state index in [1.165, 1.54) is 33.4 Å². The van der Waals surface area contributed by atoms with E-state index in [0.29, 0.717) is 0 Å². The molecular weight excluding hydrogens is 528 g/mol. The van der Waals surface area contributed by atoms with Crippen LogP contribution < -0.4 is 15.6 Å². The zero-order chi connectivity index (χ0) is 28.4. The van der Waals surface area contributed by atoms with Crippen LogP contribution in [0.15, 0.2) is 146 Å². The van der Waals surface area contributed by atoms with Crippen molar-refractivity contribution in [2.75, 3.05) is 0 Å². The molecule has 0 saturated carbocycles. The van der Waals surface area contributed by atoms with E-state index in [9.17, 15) is 0 Å². The Labute approximate surface area is 250 Å². The summed E-state index contributed by atoms with van der Waals surface area (Å²) in [6.07, 6.45) is -0.426. The van der Waals surface area contributed by atoms with Crippen LogP contribution in [0.1, 0.15) is 45.8 Å². The molecule has 6 aromatic rings. The standard InChI is InChI=1S/C39H28N2O2/c1-2-10-26(11-3-1)37-40-41-38(43-37)27-20-18-25(19-21-27)28-22-23-36-34(24-28)39(33-16-8-9-17-35(33)42-36)31-14-6-4-12-29(31)30-13-5-7-15-32(30)39/h1-24,37-38,40-41H. The van der Waals surface area contributed by atoms with Crippen molar-refractivity contribution in [3.8, 4) is 33.8 Å². The van der Waals surface area contributed by atoms with Crippen molar-refractivity contribution in [3.05, 3.63) is 179 Å². The highest BCUT2D eigenvalue weighted by atomic mass is 16.5.